The van der Waals surface area contributed by atoms with Crippen molar-refractivity contribution >= 4 is 17.6 Å². The van der Waals surface area contributed by atoms with Crippen molar-refractivity contribution in [2.45, 2.75) is 20.8 Å². The van der Waals surface area contributed by atoms with Gasteiger partial charge in [-0.25, -0.2) is 4.79 Å². The first-order valence-corrected chi connectivity index (χ1v) is 5.90. The van der Waals surface area contributed by atoms with Gasteiger partial charge in [0.2, 0.25) is 0 Å². The molecule has 0 radical (unpaired) electrons. The van der Waals surface area contributed by atoms with Gasteiger partial charge in [0.05, 0.1) is 18.1 Å². The van der Waals surface area contributed by atoms with Crippen LogP contribution in [0, 0.1) is 12.3 Å². The zero-order valence-electron chi connectivity index (χ0n) is 11.6. The number of carbonyl (C=O) groups excluding carboxylic acids is 2. The fraction of sp³-hybridized carbons (Fsp3) is 0.429. The summed E-state index contributed by atoms with van der Waals surface area (Å²) >= 11 is 0. The molecule has 5 heteroatoms. The standard InChI is InChI=1S/C14H19NO4/c1-9-6-5-7-10(11(9)15)12(16)19-8-14(2,3)13(17)18-4/h5-7H,8,15H2,1-4H3. The number of esters is 2. The highest BCUT2D eigenvalue weighted by Gasteiger charge is 2.31. The van der Waals surface area contributed by atoms with Crippen LogP contribution in [-0.2, 0) is 14.3 Å². The number of rotatable bonds is 4. The third-order valence-corrected chi connectivity index (χ3v) is 2.85. The number of para-hydroxylation sites is 1. The van der Waals surface area contributed by atoms with Crippen molar-refractivity contribution in [3.63, 3.8) is 0 Å². The van der Waals surface area contributed by atoms with E-state index in [-0.39, 0.29) is 6.61 Å². The van der Waals surface area contributed by atoms with Gasteiger partial charge in [0.25, 0.3) is 0 Å². The van der Waals surface area contributed by atoms with Gasteiger partial charge in [0.15, 0.2) is 0 Å². The maximum atomic E-state index is 11.9. The monoisotopic (exact) mass is 265 g/mol. The Morgan fingerprint density at radius 2 is 1.95 bits per heavy atom. The van der Waals surface area contributed by atoms with Crippen molar-refractivity contribution in [1.29, 1.82) is 0 Å². The summed E-state index contributed by atoms with van der Waals surface area (Å²) in [5, 5.41) is 0. The largest absolute Gasteiger partial charge is 0.469 e. The highest BCUT2D eigenvalue weighted by Crippen LogP contribution is 2.21. The van der Waals surface area contributed by atoms with Crippen LogP contribution in [0.4, 0.5) is 5.69 Å². The number of nitrogens with two attached hydrogens (primary N) is 1. The quantitative estimate of drug-likeness (QED) is 0.664. The lowest BCUT2D eigenvalue weighted by atomic mass is 9.95. The van der Waals surface area contributed by atoms with Crippen LogP contribution >= 0.6 is 0 Å². The van der Waals surface area contributed by atoms with Gasteiger partial charge in [-0.3, -0.25) is 4.79 Å². The average Bonchev–Trinajstić information content (AvgIpc) is 2.38. The molecule has 0 bridgehead atoms. The maximum absolute atomic E-state index is 11.9. The third-order valence-electron chi connectivity index (χ3n) is 2.85. The predicted molar refractivity (Wildman–Crippen MR) is 71.7 cm³/mol. The van der Waals surface area contributed by atoms with E-state index in [9.17, 15) is 9.59 Å². The van der Waals surface area contributed by atoms with Crippen molar-refractivity contribution < 1.29 is 19.1 Å². The summed E-state index contributed by atoms with van der Waals surface area (Å²) in [5.74, 6) is -0.976. The molecule has 0 atom stereocenters. The molecular formula is C14H19NO4. The van der Waals surface area contributed by atoms with Crippen LogP contribution in [0.25, 0.3) is 0 Å². The molecule has 0 saturated heterocycles. The van der Waals surface area contributed by atoms with E-state index in [0.29, 0.717) is 11.3 Å². The van der Waals surface area contributed by atoms with Crippen molar-refractivity contribution in [2.75, 3.05) is 19.5 Å². The maximum Gasteiger partial charge on any atom is 0.340 e. The number of anilines is 1. The van der Waals surface area contributed by atoms with E-state index in [1.807, 2.05) is 13.0 Å². The molecule has 0 aliphatic rings. The normalized spacial score (nSPS) is 10.9. The number of ether oxygens (including phenoxy) is 2. The van der Waals surface area contributed by atoms with Crippen molar-refractivity contribution in [1.82, 2.24) is 0 Å². The second-order valence-corrected chi connectivity index (χ2v) is 4.99. The number of aryl methyl sites for hydroxylation is 1. The topological polar surface area (TPSA) is 78.6 Å². The Labute approximate surface area is 112 Å². The summed E-state index contributed by atoms with van der Waals surface area (Å²) in [6, 6.07) is 5.13. The van der Waals surface area contributed by atoms with Gasteiger partial charge < -0.3 is 15.2 Å². The Morgan fingerprint density at radius 3 is 2.53 bits per heavy atom. The molecule has 5 nitrogen and oxygen atoms in total. The first-order valence-electron chi connectivity index (χ1n) is 5.90. The number of hydrogen-bond acceptors (Lipinski definition) is 5. The van der Waals surface area contributed by atoms with Crippen molar-refractivity contribution in [3.8, 4) is 0 Å². The fourth-order valence-electron chi connectivity index (χ4n) is 1.52. The molecule has 1 aromatic carbocycles. The molecule has 0 spiro atoms. The van der Waals surface area contributed by atoms with Gasteiger partial charge in [0, 0.05) is 5.69 Å². The molecule has 0 aliphatic carbocycles. The van der Waals surface area contributed by atoms with Crippen LogP contribution in [0.5, 0.6) is 0 Å². The van der Waals surface area contributed by atoms with Crippen molar-refractivity contribution in [2.24, 2.45) is 5.41 Å². The number of methoxy groups -OCH3 is 1. The fourth-order valence-corrected chi connectivity index (χ4v) is 1.52. The van der Waals surface area contributed by atoms with Gasteiger partial charge in [-0.05, 0) is 32.4 Å². The Balaban J connectivity index is 2.76. The molecule has 0 unspecified atom stereocenters. The van der Waals surface area contributed by atoms with Crippen molar-refractivity contribution in [3.05, 3.63) is 29.3 Å². The molecule has 19 heavy (non-hydrogen) atoms. The summed E-state index contributed by atoms with van der Waals surface area (Å²) in [5.41, 5.74) is 6.44. The highest BCUT2D eigenvalue weighted by atomic mass is 16.5. The second kappa shape index (κ2) is 5.73. The number of benzene rings is 1. The van der Waals surface area contributed by atoms with E-state index in [1.165, 1.54) is 7.11 Å². The van der Waals surface area contributed by atoms with Crippen LogP contribution in [0.1, 0.15) is 29.8 Å². The Kier molecular flexibility index (Phi) is 4.53. The van der Waals surface area contributed by atoms with Crippen LogP contribution in [-0.4, -0.2) is 25.7 Å². The average molecular weight is 265 g/mol. The summed E-state index contributed by atoms with van der Waals surface area (Å²) in [7, 11) is 1.30. The van der Waals surface area contributed by atoms with E-state index >= 15 is 0 Å². The minimum atomic E-state index is -0.886. The molecular weight excluding hydrogens is 246 g/mol. The van der Waals surface area contributed by atoms with Gasteiger partial charge in [0.1, 0.15) is 6.61 Å². The summed E-state index contributed by atoms with van der Waals surface area (Å²) in [6.07, 6.45) is 0. The summed E-state index contributed by atoms with van der Waals surface area (Å²) < 4.78 is 9.77. The molecule has 0 heterocycles. The lowest BCUT2D eigenvalue weighted by Crippen LogP contribution is -2.32. The molecule has 0 aromatic heterocycles. The minimum absolute atomic E-state index is 0.0636. The predicted octanol–water partition coefficient (Wildman–Crippen LogP) is 1.93. The van der Waals surface area contributed by atoms with Crippen LogP contribution in [0.15, 0.2) is 18.2 Å². The van der Waals surface area contributed by atoms with Gasteiger partial charge in [-0.15, -0.1) is 0 Å². The SMILES string of the molecule is COC(=O)C(C)(C)COC(=O)c1cccc(C)c1N. The van der Waals surface area contributed by atoms with E-state index in [1.54, 1.807) is 26.0 Å². The second-order valence-electron chi connectivity index (χ2n) is 4.99. The van der Waals surface area contributed by atoms with Crippen LogP contribution in [0.2, 0.25) is 0 Å². The lowest BCUT2D eigenvalue weighted by Gasteiger charge is -2.21. The highest BCUT2D eigenvalue weighted by molar-refractivity contribution is 5.95. The van der Waals surface area contributed by atoms with E-state index < -0.39 is 17.4 Å². The number of hydrogen-bond donors (Lipinski definition) is 1. The van der Waals surface area contributed by atoms with Gasteiger partial charge in [-0.2, -0.15) is 0 Å². The molecule has 2 N–H and O–H groups in total. The number of carbonyl (C=O) groups is 2. The molecule has 0 aliphatic heterocycles. The lowest BCUT2D eigenvalue weighted by molar-refractivity contribution is -0.152. The number of nitrogen functional groups attached to an aromatic ring is 1. The molecule has 0 fully saturated rings. The van der Waals surface area contributed by atoms with Crippen LogP contribution in [0.3, 0.4) is 0 Å². The van der Waals surface area contributed by atoms with Crippen LogP contribution < -0.4 is 5.73 Å². The Hall–Kier alpha value is -2.04. The Morgan fingerprint density at radius 1 is 1.32 bits per heavy atom. The van der Waals surface area contributed by atoms with Gasteiger partial charge >= 0.3 is 11.9 Å². The molecule has 0 amide bonds. The molecule has 104 valence electrons. The first-order chi connectivity index (χ1) is 8.79. The van der Waals surface area contributed by atoms with Gasteiger partial charge in [-0.1, -0.05) is 12.1 Å². The molecule has 1 aromatic rings. The zero-order chi connectivity index (χ0) is 14.6. The summed E-state index contributed by atoms with van der Waals surface area (Å²) in [6.45, 7) is 5.04. The van der Waals surface area contributed by atoms with E-state index in [4.69, 9.17) is 10.5 Å². The zero-order valence-corrected chi connectivity index (χ0v) is 11.6. The molecule has 1 rings (SSSR count). The van der Waals surface area contributed by atoms with E-state index in [0.717, 1.165) is 5.56 Å². The first kappa shape index (κ1) is 15.0. The smallest absolute Gasteiger partial charge is 0.340 e. The third kappa shape index (κ3) is 3.47. The molecule has 0 saturated carbocycles. The Bertz CT molecular complexity index is 494. The minimum Gasteiger partial charge on any atom is -0.469 e. The summed E-state index contributed by atoms with van der Waals surface area (Å²) in [4.78, 5) is 23.4. The van der Waals surface area contributed by atoms with E-state index in [2.05, 4.69) is 4.74 Å².